The normalized spacial score (nSPS) is 16.3. The van der Waals surface area contributed by atoms with Crippen LogP contribution in [0.3, 0.4) is 0 Å². The quantitative estimate of drug-likeness (QED) is 0.615. The fraction of sp³-hybridized carbons (Fsp3) is 0.320. The molecule has 144 valence electrons. The van der Waals surface area contributed by atoms with Gasteiger partial charge in [-0.05, 0) is 36.8 Å². The number of benzene rings is 2. The fourth-order valence-corrected chi connectivity index (χ4v) is 4.46. The molecule has 0 bridgehead atoms. The van der Waals surface area contributed by atoms with Crippen molar-refractivity contribution in [2.75, 3.05) is 0 Å². The van der Waals surface area contributed by atoms with Gasteiger partial charge in [-0.3, -0.25) is 0 Å². The topological polar surface area (TPSA) is 50.4 Å². The van der Waals surface area contributed by atoms with E-state index >= 15 is 0 Å². The molecule has 3 heteroatoms. The van der Waals surface area contributed by atoms with Crippen molar-refractivity contribution in [1.29, 1.82) is 0 Å². The Hall–Kier alpha value is -2.81. The van der Waals surface area contributed by atoms with Gasteiger partial charge in [0.15, 0.2) is 0 Å². The largest absolute Gasteiger partial charge is 0.507 e. The zero-order valence-corrected chi connectivity index (χ0v) is 16.2. The highest BCUT2D eigenvalue weighted by Gasteiger charge is 2.45. The zero-order valence-electron chi connectivity index (χ0n) is 16.2. The van der Waals surface area contributed by atoms with Crippen molar-refractivity contribution in [2.24, 2.45) is 0 Å². The molecular weight excluding hydrogens is 348 g/mol. The van der Waals surface area contributed by atoms with Crippen LogP contribution in [0.2, 0.25) is 0 Å². The smallest absolute Gasteiger partial charge is 0.343 e. The van der Waals surface area contributed by atoms with Gasteiger partial charge in [0, 0.05) is 17.4 Å². The second-order valence-electron chi connectivity index (χ2n) is 7.79. The number of aromatic hydroxyl groups is 1. The van der Waals surface area contributed by atoms with Crippen molar-refractivity contribution in [3.05, 3.63) is 99.6 Å². The Morgan fingerprint density at radius 1 is 1.04 bits per heavy atom. The molecule has 3 aromatic rings. The summed E-state index contributed by atoms with van der Waals surface area (Å²) in [6.07, 6.45) is 4.37. The maximum absolute atomic E-state index is 13.0. The summed E-state index contributed by atoms with van der Waals surface area (Å²) in [6.45, 7) is 2.08. The van der Waals surface area contributed by atoms with Crippen LogP contribution < -0.4 is 5.63 Å². The van der Waals surface area contributed by atoms with Crippen molar-refractivity contribution >= 4 is 0 Å². The van der Waals surface area contributed by atoms with E-state index in [0.717, 1.165) is 37.7 Å². The maximum atomic E-state index is 13.0. The van der Waals surface area contributed by atoms with Gasteiger partial charge in [-0.2, -0.15) is 0 Å². The minimum Gasteiger partial charge on any atom is -0.507 e. The Morgan fingerprint density at radius 2 is 1.68 bits per heavy atom. The van der Waals surface area contributed by atoms with Gasteiger partial charge in [0.05, 0.1) is 5.56 Å². The number of rotatable bonds is 6. The van der Waals surface area contributed by atoms with Gasteiger partial charge >= 0.3 is 5.63 Å². The van der Waals surface area contributed by atoms with Crippen LogP contribution in [0.1, 0.15) is 61.0 Å². The molecule has 3 nitrogen and oxygen atoms in total. The first-order valence-electron chi connectivity index (χ1n) is 10.1. The molecule has 28 heavy (non-hydrogen) atoms. The van der Waals surface area contributed by atoms with Crippen molar-refractivity contribution in [3.63, 3.8) is 0 Å². The highest BCUT2D eigenvalue weighted by molar-refractivity contribution is 5.47. The van der Waals surface area contributed by atoms with E-state index in [-0.39, 0.29) is 11.7 Å². The molecule has 1 atom stereocenters. The summed E-state index contributed by atoms with van der Waals surface area (Å²) in [4.78, 5) is 13.0. The molecule has 1 heterocycles. The first-order valence-corrected chi connectivity index (χ1v) is 10.1. The molecule has 1 aliphatic rings. The highest BCUT2D eigenvalue weighted by atomic mass is 16.4. The van der Waals surface area contributed by atoms with Gasteiger partial charge in [-0.15, -0.1) is 0 Å². The first-order chi connectivity index (χ1) is 13.6. The van der Waals surface area contributed by atoms with Crippen LogP contribution in [0, 0.1) is 0 Å². The zero-order chi connectivity index (χ0) is 19.6. The maximum Gasteiger partial charge on any atom is 0.343 e. The van der Waals surface area contributed by atoms with Crippen molar-refractivity contribution in [3.8, 4) is 5.75 Å². The van der Waals surface area contributed by atoms with Crippen molar-refractivity contribution in [1.82, 2.24) is 0 Å². The number of hydrogen-bond acceptors (Lipinski definition) is 3. The summed E-state index contributed by atoms with van der Waals surface area (Å²) in [5, 5.41) is 10.9. The van der Waals surface area contributed by atoms with Gasteiger partial charge in [0.25, 0.3) is 0 Å². The summed E-state index contributed by atoms with van der Waals surface area (Å²) in [7, 11) is 0. The average molecular weight is 374 g/mol. The van der Waals surface area contributed by atoms with Crippen LogP contribution in [0.4, 0.5) is 0 Å². The predicted molar refractivity (Wildman–Crippen MR) is 111 cm³/mol. The summed E-state index contributed by atoms with van der Waals surface area (Å²) in [6, 6.07) is 21.9. The van der Waals surface area contributed by atoms with Gasteiger partial charge in [-0.1, -0.05) is 74.0 Å². The number of hydrogen-bond donors (Lipinski definition) is 1. The molecule has 1 N–H and O–H groups in total. The average Bonchev–Trinajstić information content (AvgIpc) is 2.69. The summed E-state index contributed by atoms with van der Waals surface area (Å²) < 4.78 is 5.80. The predicted octanol–water partition coefficient (Wildman–Crippen LogP) is 5.55. The van der Waals surface area contributed by atoms with Crippen LogP contribution in [0.25, 0.3) is 0 Å². The summed E-state index contributed by atoms with van der Waals surface area (Å²) >= 11 is 0. The lowest BCUT2D eigenvalue weighted by Crippen LogP contribution is -2.39. The van der Waals surface area contributed by atoms with Crippen LogP contribution in [-0.4, -0.2) is 5.11 Å². The molecule has 0 radical (unpaired) electrons. The van der Waals surface area contributed by atoms with E-state index in [1.807, 2.05) is 48.5 Å². The van der Waals surface area contributed by atoms with Crippen molar-refractivity contribution in [2.45, 2.75) is 50.4 Å². The molecule has 1 fully saturated rings. The van der Waals surface area contributed by atoms with E-state index in [0.29, 0.717) is 11.3 Å². The SMILES string of the molecule is CCC(Cc1ccccc1)c1cc(O)c(C2(c3ccccc3)CCC2)c(=O)o1. The van der Waals surface area contributed by atoms with Crippen LogP contribution in [0.5, 0.6) is 5.75 Å². The Labute approximate surface area is 165 Å². The lowest BCUT2D eigenvalue weighted by molar-refractivity contribution is 0.272. The third-order valence-electron chi connectivity index (χ3n) is 6.18. The van der Waals surface area contributed by atoms with E-state index in [1.54, 1.807) is 6.07 Å². The second-order valence-corrected chi connectivity index (χ2v) is 7.79. The molecule has 0 aliphatic heterocycles. The summed E-state index contributed by atoms with van der Waals surface area (Å²) in [5.41, 5.74) is 1.87. The molecule has 2 aromatic carbocycles. The van der Waals surface area contributed by atoms with E-state index in [2.05, 4.69) is 19.1 Å². The molecule has 0 saturated heterocycles. The van der Waals surface area contributed by atoms with Gasteiger partial charge in [0.1, 0.15) is 11.5 Å². The molecule has 1 unspecified atom stereocenters. The Balaban J connectivity index is 1.72. The summed E-state index contributed by atoms with van der Waals surface area (Å²) in [5.74, 6) is 0.700. The third kappa shape index (κ3) is 3.26. The molecular formula is C25H26O3. The highest BCUT2D eigenvalue weighted by Crippen LogP contribution is 2.50. The van der Waals surface area contributed by atoms with E-state index in [1.165, 1.54) is 5.56 Å². The minimum atomic E-state index is -0.425. The Morgan fingerprint density at radius 3 is 2.21 bits per heavy atom. The van der Waals surface area contributed by atoms with Gasteiger partial charge in [0.2, 0.25) is 0 Å². The molecule has 1 aliphatic carbocycles. The third-order valence-corrected chi connectivity index (χ3v) is 6.18. The fourth-order valence-electron chi connectivity index (χ4n) is 4.46. The lowest BCUT2D eigenvalue weighted by Gasteiger charge is -2.42. The standard InChI is InChI=1S/C25H26O3/c1-2-19(16-18-10-5-3-6-11-18)22-17-21(26)23(24(27)28-22)25(14-9-15-25)20-12-7-4-8-13-20/h3-8,10-13,17,19,26H,2,9,14-16H2,1H3. The Bertz CT molecular complexity index is 985. The van der Waals surface area contributed by atoms with E-state index < -0.39 is 11.0 Å². The monoisotopic (exact) mass is 374 g/mol. The Kier molecular flexibility index (Phi) is 5.08. The van der Waals surface area contributed by atoms with Gasteiger partial charge in [-0.25, -0.2) is 4.79 Å². The molecule has 0 spiro atoms. The molecule has 1 aromatic heterocycles. The van der Waals surface area contributed by atoms with Crippen LogP contribution >= 0.6 is 0 Å². The molecule has 4 rings (SSSR count). The van der Waals surface area contributed by atoms with E-state index in [9.17, 15) is 9.90 Å². The van der Waals surface area contributed by atoms with Crippen LogP contribution in [0.15, 0.2) is 75.9 Å². The van der Waals surface area contributed by atoms with Gasteiger partial charge < -0.3 is 9.52 Å². The first kappa shape index (κ1) is 18.5. The second kappa shape index (κ2) is 7.67. The van der Waals surface area contributed by atoms with E-state index in [4.69, 9.17) is 4.42 Å². The van der Waals surface area contributed by atoms with Crippen LogP contribution in [-0.2, 0) is 11.8 Å². The minimum absolute atomic E-state index is 0.0594. The van der Waals surface area contributed by atoms with Crippen molar-refractivity contribution < 1.29 is 9.52 Å². The lowest BCUT2D eigenvalue weighted by atomic mass is 9.60. The molecule has 0 amide bonds. The molecule has 1 saturated carbocycles.